The molecule has 1 aliphatic rings. The van der Waals surface area contributed by atoms with Gasteiger partial charge in [0.05, 0.1) is 36.5 Å². The van der Waals surface area contributed by atoms with Gasteiger partial charge in [0.1, 0.15) is 11.3 Å². The normalized spacial score (nSPS) is 16.1. The van der Waals surface area contributed by atoms with Crippen molar-refractivity contribution in [3.63, 3.8) is 0 Å². The topological polar surface area (TPSA) is 72.3 Å². The smallest absolute Gasteiger partial charge is 0.416 e. The molecule has 1 aliphatic heterocycles. The molecule has 5 rings (SSSR count). The summed E-state index contributed by atoms with van der Waals surface area (Å²) in [5.74, 6) is 0.727. The number of H-pyrrole nitrogens is 1. The molecular weight excluding hydrogens is 473 g/mol. The summed E-state index contributed by atoms with van der Waals surface area (Å²) in [6.07, 6.45) is -2.50. The van der Waals surface area contributed by atoms with Crippen LogP contribution in [-0.2, 0) is 12.7 Å². The lowest BCUT2D eigenvalue weighted by Gasteiger charge is -2.23. The van der Waals surface area contributed by atoms with E-state index in [1.165, 1.54) is 24.4 Å². The van der Waals surface area contributed by atoms with Crippen LogP contribution in [0.1, 0.15) is 29.2 Å². The van der Waals surface area contributed by atoms with E-state index in [4.69, 9.17) is 4.74 Å². The lowest BCUT2D eigenvalue weighted by molar-refractivity contribution is -0.138. The van der Waals surface area contributed by atoms with E-state index in [1.54, 1.807) is 17.7 Å². The summed E-state index contributed by atoms with van der Waals surface area (Å²) in [6, 6.07) is 12.2. The minimum absolute atomic E-state index is 0.0615. The fourth-order valence-electron chi connectivity index (χ4n) is 5.21. The number of pyridine rings is 1. The molecule has 2 aromatic heterocycles. The highest BCUT2D eigenvalue weighted by molar-refractivity contribution is 5.75. The zero-order chi connectivity index (χ0) is 25.6. The van der Waals surface area contributed by atoms with Crippen molar-refractivity contribution >= 4 is 16.7 Å². The van der Waals surface area contributed by atoms with Crippen molar-refractivity contribution in [2.24, 2.45) is 0 Å². The number of hydrogen-bond donors (Lipinski definition) is 1. The van der Waals surface area contributed by atoms with Crippen molar-refractivity contribution in [2.45, 2.75) is 32.1 Å². The van der Waals surface area contributed by atoms with Gasteiger partial charge in [-0.25, -0.2) is 4.79 Å². The zero-order valence-corrected chi connectivity index (χ0v) is 19.8. The quantitative estimate of drug-likeness (QED) is 0.445. The van der Waals surface area contributed by atoms with E-state index in [0.717, 1.165) is 27.6 Å². The number of fused-ring (bicyclic) bond motifs is 1. The van der Waals surface area contributed by atoms with Gasteiger partial charge in [0.25, 0.3) is 5.56 Å². The lowest BCUT2D eigenvalue weighted by Crippen LogP contribution is -2.30. The highest BCUT2D eigenvalue weighted by Crippen LogP contribution is 2.37. The molecule has 10 heteroatoms. The number of aromatic nitrogens is 3. The number of nitrogens with zero attached hydrogens (tertiary/aromatic N) is 3. The van der Waals surface area contributed by atoms with Crippen LogP contribution >= 0.6 is 0 Å². The lowest BCUT2D eigenvalue weighted by atomic mass is 10.1. The molecule has 0 unspecified atom stereocenters. The number of anilines is 1. The Hall–Kier alpha value is -3.95. The molecule has 3 heterocycles. The van der Waals surface area contributed by atoms with E-state index < -0.39 is 23.0 Å². The first-order valence-electron chi connectivity index (χ1n) is 11.6. The number of aryl methyl sites for hydroxylation is 1. The van der Waals surface area contributed by atoms with E-state index in [-0.39, 0.29) is 23.7 Å². The highest BCUT2D eigenvalue weighted by atomic mass is 19.4. The van der Waals surface area contributed by atoms with Gasteiger partial charge >= 0.3 is 11.9 Å². The van der Waals surface area contributed by atoms with E-state index in [0.29, 0.717) is 25.0 Å². The van der Waals surface area contributed by atoms with Crippen LogP contribution in [0.2, 0.25) is 0 Å². The van der Waals surface area contributed by atoms with Gasteiger partial charge in [-0.1, -0.05) is 30.3 Å². The van der Waals surface area contributed by atoms with Gasteiger partial charge in [-0.2, -0.15) is 13.2 Å². The Morgan fingerprint density at radius 2 is 1.86 bits per heavy atom. The summed E-state index contributed by atoms with van der Waals surface area (Å²) in [7, 11) is 1.61. The summed E-state index contributed by atoms with van der Waals surface area (Å²) in [4.78, 5) is 31.2. The van der Waals surface area contributed by atoms with Gasteiger partial charge in [-0.15, -0.1) is 0 Å². The summed E-state index contributed by atoms with van der Waals surface area (Å²) >= 11 is 0. The Labute approximate surface area is 204 Å². The van der Waals surface area contributed by atoms with Crippen molar-refractivity contribution in [1.29, 1.82) is 0 Å². The van der Waals surface area contributed by atoms with Crippen LogP contribution in [0.4, 0.5) is 18.9 Å². The number of methoxy groups -OCH3 is 1. The second-order valence-electron chi connectivity index (χ2n) is 8.95. The molecule has 7 nitrogen and oxygen atoms in total. The summed E-state index contributed by atoms with van der Waals surface area (Å²) in [5.41, 5.74) is 0.492. The van der Waals surface area contributed by atoms with E-state index in [9.17, 15) is 22.8 Å². The fraction of sp³-hybridized carbons (Fsp3) is 0.308. The van der Waals surface area contributed by atoms with E-state index in [1.807, 2.05) is 25.1 Å². The summed E-state index contributed by atoms with van der Waals surface area (Å²) < 4.78 is 49.1. The number of para-hydroxylation sites is 1. The number of aromatic amines is 1. The minimum Gasteiger partial charge on any atom is -0.495 e. The first-order valence-corrected chi connectivity index (χ1v) is 11.6. The van der Waals surface area contributed by atoms with Crippen molar-refractivity contribution in [3.05, 3.63) is 92.3 Å². The number of ether oxygens (including phenoxy) is 1. The monoisotopic (exact) mass is 498 g/mol. The molecule has 36 heavy (non-hydrogen) atoms. The predicted octanol–water partition coefficient (Wildman–Crippen LogP) is 4.33. The molecule has 2 aromatic carbocycles. The maximum atomic E-state index is 13.7. The van der Waals surface area contributed by atoms with Gasteiger partial charge < -0.3 is 14.6 Å². The molecular formula is C26H25F3N4O3. The molecule has 1 saturated heterocycles. The Balaban J connectivity index is 1.59. The predicted molar refractivity (Wildman–Crippen MR) is 131 cm³/mol. The zero-order valence-electron chi connectivity index (χ0n) is 19.8. The number of alkyl halides is 3. The molecule has 0 spiro atoms. The second kappa shape index (κ2) is 8.92. The number of nitrogens with one attached hydrogen (secondary N) is 1. The third-order valence-electron chi connectivity index (χ3n) is 6.80. The fourth-order valence-corrected chi connectivity index (χ4v) is 5.21. The van der Waals surface area contributed by atoms with E-state index >= 15 is 0 Å². The average Bonchev–Trinajstić information content (AvgIpc) is 3.41. The van der Waals surface area contributed by atoms with Crippen LogP contribution in [0.5, 0.6) is 5.75 Å². The molecule has 1 atom stereocenters. The Morgan fingerprint density at radius 3 is 2.61 bits per heavy atom. The largest absolute Gasteiger partial charge is 0.495 e. The SMILES string of the molecule is COc1cccc(C)c1N1CC[C@@H](n2c(=O)n(Cc3ccccc3C(F)(F)F)c3c(=O)[nH]ccc32)C1. The molecule has 1 N–H and O–H groups in total. The van der Waals surface area contributed by atoms with E-state index in [2.05, 4.69) is 9.88 Å². The van der Waals surface area contributed by atoms with Crippen LogP contribution in [0.15, 0.2) is 64.3 Å². The molecule has 1 fully saturated rings. The molecule has 0 bridgehead atoms. The number of imidazole rings is 1. The summed E-state index contributed by atoms with van der Waals surface area (Å²) in [6.45, 7) is 2.77. The first kappa shape index (κ1) is 23.8. The third-order valence-corrected chi connectivity index (χ3v) is 6.80. The number of rotatable bonds is 5. The number of benzene rings is 2. The molecule has 4 aromatic rings. The van der Waals surface area contributed by atoms with Gasteiger partial charge in [-0.3, -0.25) is 13.9 Å². The molecule has 0 radical (unpaired) electrons. The second-order valence-corrected chi connectivity index (χ2v) is 8.95. The highest BCUT2D eigenvalue weighted by Gasteiger charge is 2.34. The van der Waals surface area contributed by atoms with Crippen LogP contribution in [-0.4, -0.2) is 34.3 Å². The molecule has 0 saturated carbocycles. The van der Waals surface area contributed by atoms with Crippen molar-refractivity contribution in [1.82, 2.24) is 14.1 Å². The maximum absolute atomic E-state index is 13.7. The molecule has 0 aliphatic carbocycles. The first-order chi connectivity index (χ1) is 17.2. The van der Waals surface area contributed by atoms with Crippen LogP contribution in [0, 0.1) is 6.92 Å². The Morgan fingerprint density at radius 1 is 1.08 bits per heavy atom. The van der Waals surface area contributed by atoms with Crippen molar-refractivity contribution < 1.29 is 17.9 Å². The maximum Gasteiger partial charge on any atom is 0.416 e. The standard InChI is InChI=1S/C26H25F3N4O3/c1-16-6-5-9-21(36-2)22(16)31-13-11-18(15-31)33-20-10-12-30-24(34)23(20)32(25(33)35)14-17-7-3-4-8-19(17)26(27,28)29/h3-10,12,18H,11,13-15H2,1-2H3,(H,30,34)/t18-/m1/s1. The minimum atomic E-state index is -4.58. The number of halogens is 3. The number of hydrogen-bond acceptors (Lipinski definition) is 4. The Bertz CT molecular complexity index is 1550. The Kier molecular flexibility index (Phi) is 5.89. The van der Waals surface area contributed by atoms with Crippen molar-refractivity contribution in [3.8, 4) is 5.75 Å². The molecule has 0 amide bonds. The van der Waals surface area contributed by atoms with Crippen LogP contribution < -0.4 is 20.9 Å². The van der Waals surface area contributed by atoms with Gasteiger partial charge in [-0.05, 0) is 42.7 Å². The van der Waals surface area contributed by atoms with Gasteiger partial charge in [0, 0.05) is 19.3 Å². The van der Waals surface area contributed by atoms with Crippen LogP contribution in [0.3, 0.4) is 0 Å². The third kappa shape index (κ3) is 3.96. The average molecular weight is 499 g/mol. The van der Waals surface area contributed by atoms with Crippen molar-refractivity contribution in [2.75, 3.05) is 25.1 Å². The van der Waals surface area contributed by atoms with Crippen LogP contribution in [0.25, 0.3) is 11.0 Å². The van der Waals surface area contributed by atoms with Gasteiger partial charge in [0.15, 0.2) is 0 Å². The van der Waals surface area contributed by atoms with Gasteiger partial charge in [0.2, 0.25) is 0 Å². The molecule has 188 valence electrons. The summed E-state index contributed by atoms with van der Waals surface area (Å²) in [5, 5.41) is 0.